The first kappa shape index (κ1) is 19.9. The minimum atomic E-state index is -0.634. The van der Waals surface area contributed by atoms with E-state index in [1.807, 2.05) is 49.4 Å². The van der Waals surface area contributed by atoms with Crippen molar-refractivity contribution in [2.24, 2.45) is 0 Å². The fourth-order valence-corrected chi connectivity index (χ4v) is 3.54. The highest BCUT2D eigenvalue weighted by Crippen LogP contribution is 2.38. The number of nitrogens with one attached hydrogen (secondary N) is 1. The second kappa shape index (κ2) is 8.91. The summed E-state index contributed by atoms with van der Waals surface area (Å²) >= 11 is 0. The van der Waals surface area contributed by atoms with Crippen LogP contribution in [-0.2, 0) is 16.1 Å². The molecular weight excluding hydrogens is 352 g/mol. The molecule has 0 radical (unpaired) electrons. The Morgan fingerprint density at radius 2 is 1.96 bits per heavy atom. The predicted octanol–water partition coefficient (Wildman–Crippen LogP) is 4.29. The molecule has 148 valence electrons. The lowest BCUT2D eigenvalue weighted by Crippen LogP contribution is -2.36. The van der Waals surface area contributed by atoms with Gasteiger partial charge in [0.15, 0.2) is 0 Å². The monoisotopic (exact) mass is 380 g/mol. The van der Waals surface area contributed by atoms with Gasteiger partial charge in [-0.05, 0) is 25.5 Å². The number of hydrogen-bond acceptors (Lipinski definition) is 3. The molecule has 0 saturated heterocycles. The van der Waals surface area contributed by atoms with E-state index in [4.69, 9.17) is 4.74 Å². The number of fused-ring (bicyclic) bond motifs is 1. The van der Waals surface area contributed by atoms with Gasteiger partial charge in [-0.1, -0.05) is 55.7 Å². The molecule has 1 heterocycles. The van der Waals surface area contributed by atoms with E-state index in [2.05, 4.69) is 12.2 Å². The molecule has 0 aromatic heterocycles. The van der Waals surface area contributed by atoms with E-state index in [1.54, 1.807) is 4.90 Å². The van der Waals surface area contributed by atoms with Crippen LogP contribution in [0.5, 0.6) is 5.75 Å². The van der Waals surface area contributed by atoms with Crippen LogP contribution in [0.3, 0.4) is 0 Å². The van der Waals surface area contributed by atoms with Crippen LogP contribution in [0.25, 0.3) is 0 Å². The van der Waals surface area contributed by atoms with Crippen molar-refractivity contribution in [3.05, 3.63) is 59.2 Å². The fraction of sp³-hybridized carbons (Fsp3) is 0.391. The van der Waals surface area contributed by atoms with Crippen molar-refractivity contribution in [2.45, 2.75) is 52.6 Å². The van der Waals surface area contributed by atoms with Crippen LogP contribution in [-0.4, -0.2) is 18.4 Å². The van der Waals surface area contributed by atoms with Gasteiger partial charge in [0, 0.05) is 23.7 Å². The van der Waals surface area contributed by atoms with Crippen molar-refractivity contribution < 1.29 is 14.3 Å². The number of benzene rings is 2. The Hall–Kier alpha value is -2.82. The molecule has 0 spiro atoms. The first-order valence-corrected chi connectivity index (χ1v) is 9.91. The SMILES string of the molecule is CCCCCOc1ccccc1CN1C(=O)[C@@H](NC(C)=O)c2cc(C)ccc21. The smallest absolute Gasteiger partial charge is 0.254 e. The second-order valence-electron chi connectivity index (χ2n) is 7.28. The molecule has 2 aromatic carbocycles. The summed E-state index contributed by atoms with van der Waals surface area (Å²) in [6.45, 7) is 6.66. The van der Waals surface area contributed by atoms with Crippen LogP contribution in [0.2, 0.25) is 0 Å². The van der Waals surface area contributed by atoms with Crippen LogP contribution in [0.15, 0.2) is 42.5 Å². The Bertz CT molecular complexity index is 863. The molecule has 0 unspecified atom stereocenters. The van der Waals surface area contributed by atoms with E-state index in [9.17, 15) is 9.59 Å². The van der Waals surface area contributed by atoms with Crippen LogP contribution in [0.4, 0.5) is 5.69 Å². The summed E-state index contributed by atoms with van der Waals surface area (Å²) in [4.78, 5) is 26.5. The van der Waals surface area contributed by atoms with Gasteiger partial charge < -0.3 is 15.0 Å². The molecule has 5 nitrogen and oxygen atoms in total. The number of para-hydroxylation sites is 1. The minimum Gasteiger partial charge on any atom is -0.493 e. The molecule has 1 atom stereocenters. The van der Waals surface area contributed by atoms with Gasteiger partial charge in [0.25, 0.3) is 5.91 Å². The first-order valence-electron chi connectivity index (χ1n) is 9.91. The van der Waals surface area contributed by atoms with Gasteiger partial charge in [0.2, 0.25) is 5.91 Å². The highest BCUT2D eigenvalue weighted by atomic mass is 16.5. The molecule has 0 bridgehead atoms. The maximum Gasteiger partial charge on any atom is 0.254 e. The summed E-state index contributed by atoms with van der Waals surface area (Å²) in [5.41, 5.74) is 3.71. The summed E-state index contributed by atoms with van der Waals surface area (Å²) in [7, 11) is 0. The molecule has 2 amide bonds. The third-order valence-corrected chi connectivity index (χ3v) is 4.95. The molecule has 2 aromatic rings. The number of carbonyl (C=O) groups excluding carboxylic acids is 2. The molecule has 0 aliphatic carbocycles. The van der Waals surface area contributed by atoms with Crippen LogP contribution >= 0.6 is 0 Å². The number of hydrogen-bond donors (Lipinski definition) is 1. The Morgan fingerprint density at radius 1 is 1.18 bits per heavy atom. The van der Waals surface area contributed by atoms with Gasteiger partial charge >= 0.3 is 0 Å². The van der Waals surface area contributed by atoms with Crippen molar-refractivity contribution in [3.63, 3.8) is 0 Å². The molecular formula is C23H28N2O3. The third kappa shape index (κ3) is 4.35. The largest absolute Gasteiger partial charge is 0.493 e. The summed E-state index contributed by atoms with van der Waals surface area (Å²) in [5.74, 6) is 0.479. The maximum absolute atomic E-state index is 13.1. The van der Waals surface area contributed by atoms with Gasteiger partial charge in [-0.2, -0.15) is 0 Å². The van der Waals surface area contributed by atoms with Crippen molar-refractivity contribution in [1.29, 1.82) is 0 Å². The molecule has 3 rings (SSSR count). The number of unbranched alkanes of at least 4 members (excludes halogenated alkanes) is 2. The summed E-state index contributed by atoms with van der Waals surface area (Å²) in [5, 5.41) is 2.79. The highest BCUT2D eigenvalue weighted by molar-refractivity contribution is 6.06. The molecule has 0 saturated carbocycles. The first-order chi connectivity index (χ1) is 13.5. The third-order valence-electron chi connectivity index (χ3n) is 4.95. The predicted molar refractivity (Wildman–Crippen MR) is 110 cm³/mol. The number of aryl methyl sites for hydroxylation is 1. The summed E-state index contributed by atoms with van der Waals surface area (Å²) in [6, 6.07) is 13.1. The molecule has 1 aliphatic heterocycles. The zero-order valence-corrected chi connectivity index (χ0v) is 16.8. The Morgan fingerprint density at radius 3 is 2.71 bits per heavy atom. The van der Waals surface area contributed by atoms with Gasteiger partial charge in [-0.25, -0.2) is 0 Å². The van der Waals surface area contributed by atoms with Crippen LogP contribution in [0, 0.1) is 6.92 Å². The second-order valence-corrected chi connectivity index (χ2v) is 7.28. The average Bonchev–Trinajstić information content (AvgIpc) is 2.91. The lowest BCUT2D eigenvalue weighted by molar-refractivity contribution is -0.126. The molecule has 5 heteroatoms. The molecule has 1 aliphatic rings. The topological polar surface area (TPSA) is 58.6 Å². The van der Waals surface area contributed by atoms with E-state index in [1.165, 1.54) is 6.92 Å². The van der Waals surface area contributed by atoms with E-state index in [0.717, 1.165) is 47.4 Å². The normalized spacial score (nSPS) is 15.5. The Kier molecular flexibility index (Phi) is 6.34. The van der Waals surface area contributed by atoms with E-state index < -0.39 is 6.04 Å². The number of anilines is 1. The van der Waals surface area contributed by atoms with Crippen molar-refractivity contribution in [3.8, 4) is 5.75 Å². The number of carbonyl (C=O) groups is 2. The van der Waals surface area contributed by atoms with Gasteiger partial charge in [-0.15, -0.1) is 0 Å². The van der Waals surface area contributed by atoms with Gasteiger partial charge in [0.1, 0.15) is 11.8 Å². The zero-order valence-electron chi connectivity index (χ0n) is 16.8. The number of rotatable bonds is 8. The minimum absolute atomic E-state index is 0.114. The maximum atomic E-state index is 13.1. The van der Waals surface area contributed by atoms with Gasteiger partial charge in [0.05, 0.1) is 13.2 Å². The van der Waals surface area contributed by atoms with E-state index in [-0.39, 0.29) is 11.8 Å². The lowest BCUT2D eigenvalue weighted by Gasteiger charge is -2.20. The van der Waals surface area contributed by atoms with E-state index >= 15 is 0 Å². The average molecular weight is 380 g/mol. The van der Waals surface area contributed by atoms with Crippen molar-refractivity contribution >= 4 is 17.5 Å². The van der Waals surface area contributed by atoms with Crippen LogP contribution < -0.4 is 15.0 Å². The zero-order chi connectivity index (χ0) is 20.1. The fourth-order valence-electron chi connectivity index (χ4n) is 3.54. The number of ether oxygens (including phenoxy) is 1. The highest BCUT2D eigenvalue weighted by Gasteiger charge is 2.38. The Balaban J connectivity index is 1.85. The van der Waals surface area contributed by atoms with Gasteiger partial charge in [-0.3, -0.25) is 9.59 Å². The standard InChI is InChI=1S/C23H28N2O3/c1-4-5-8-13-28-21-10-7-6-9-18(21)15-25-20-12-11-16(2)14-19(20)22(23(25)27)24-17(3)26/h6-7,9-12,14,22H,4-5,8,13,15H2,1-3H3,(H,24,26)/t22-/m0/s1. The number of nitrogens with zero attached hydrogens (tertiary/aromatic N) is 1. The molecule has 28 heavy (non-hydrogen) atoms. The lowest BCUT2D eigenvalue weighted by atomic mass is 10.1. The van der Waals surface area contributed by atoms with E-state index in [0.29, 0.717) is 13.2 Å². The Labute approximate surface area is 166 Å². The molecule has 0 fully saturated rings. The van der Waals surface area contributed by atoms with Crippen molar-refractivity contribution in [2.75, 3.05) is 11.5 Å². The van der Waals surface area contributed by atoms with Crippen molar-refractivity contribution in [1.82, 2.24) is 5.32 Å². The summed E-state index contributed by atoms with van der Waals surface area (Å²) < 4.78 is 5.98. The van der Waals surface area contributed by atoms with Crippen LogP contribution in [0.1, 0.15) is 55.8 Å². The summed E-state index contributed by atoms with van der Waals surface area (Å²) in [6.07, 6.45) is 3.30. The quantitative estimate of drug-likeness (QED) is 0.695. The molecule has 1 N–H and O–H groups in total. The number of amides is 2.